The Labute approximate surface area is 183 Å². The van der Waals surface area contributed by atoms with Gasteiger partial charge in [0.15, 0.2) is 17.5 Å². The van der Waals surface area contributed by atoms with E-state index >= 15 is 0 Å². The molecule has 1 heterocycles. The second kappa shape index (κ2) is 13.0. The fourth-order valence-corrected chi connectivity index (χ4v) is 2.46. The van der Waals surface area contributed by atoms with Crippen LogP contribution in [0, 0.1) is 0 Å². The Morgan fingerprint density at radius 1 is 1.07 bits per heavy atom. The molecule has 2 rings (SSSR count). The van der Waals surface area contributed by atoms with Crippen molar-refractivity contribution in [1.82, 2.24) is 15.6 Å². The summed E-state index contributed by atoms with van der Waals surface area (Å²) in [5.74, 6) is 2.75. The molecule has 1 aromatic carbocycles. The number of aromatic nitrogens is 1. The summed E-state index contributed by atoms with van der Waals surface area (Å²) in [7, 11) is 4.99. The topological polar surface area (TPSA) is 77.0 Å². The van der Waals surface area contributed by atoms with Crippen molar-refractivity contribution in [3.05, 3.63) is 47.7 Å². The summed E-state index contributed by atoms with van der Waals surface area (Å²) in [5.41, 5.74) is 2.05. The molecule has 0 spiro atoms. The molecule has 0 atom stereocenters. The molecular formula is C20H29IN4O3. The number of guanidine groups is 1. The standard InChI is InChI=1S/C20H28N4O3.HI/c1-5-11-27-19-16(7-6-10-22-19)14-24-20(21-2)23-13-15-8-9-17(25-3)18(12-15)26-4;/h6-10,12H,5,11,13-14H2,1-4H3,(H2,21,23,24);1H. The van der Waals surface area contributed by atoms with Crippen LogP contribution < -0.4 is 24.8 Å². The Morgan fingerprint density at radius 2 is 1.82 bits per heavy atom. The van der Waals surface area contributed by atoms with Crippen LogP contribution in [0.3, 0.4) is 0 Å². The number of halogens is 1. The maximum absolute atomic E-state index is 5.69. The lowest BCUT2D eigenvalue weighted by Gasteiger charge is -2.15. The summed E-state index contributed by atoms with van der Waals surface area (Å²) in [5, 5.41) is 6.58. The van der Waals surface area contributed by atoms with E-state index in [4.69, 9.17) is 14.2 Å². The average Bonchev–Trinajstić information content (AvgIpc) is 2.72. The molecule has 0 amide bonds. The molecule has 28 heavy (non-hydrogen) atoms. The van der Waals surface area contributed by atoms with Crippen molar-refractivity contribution < 1.29 is 14.2 Å². The number of nitrogens with zero attached hydrogens (tertiary/aromatic N) is 2. The fourth-order valence-electron chi connectivity index (χ4n) is 2.46. The third-order valence-corrected chi connectivity index (χ3v) is 3.87. The molecule has 2 aromatic rings. The molecule has 8 heteroatoms. The van der Waals surface area contributed by atoms with Crippen molar-refractivity contribution in [2.45, 2.75) is 26.4 Å². The molecule has 154 valence electrons. The summed E-state index contributed by atoms with van der Waals surface area (Å²) in [6.07, 6.45) is 2.68. The largest absolute Gasteiger partial charge is 0.493 e. The smallest absolute Gasteiger partial charge is 0.218 e. The molecular weight excluding hydrogens is 471 g/mol. The predicted molar refractivity (Wildman–Crippen MR) is 122 cm³/mol. The first-order chi connectivity index (χ1) is 13.2. The van der Waals surface area contributed by atoms with E-state index < -0.39 is 0 Å². The summed E-state index contributed by atoms with van der Waals surface area (Å²) >= 11 is 0. The first kappa shape index (κ1) is 23.8. The molecule has 0 saturated heterocycles. The summed E-state index contributed by atoms with van der Waals surface area (Å²) in [4.78, 5) is 8.56. The van der Waals surface area contributed by atoms with Crippen molar-refractivity contribution in [3.8, 4) is 17.4 Å². The lowest BCUT2D eigenvalue weighted by atomic mass is 10.2. The summed E-state index contributed by atoms with van der Waals surface area (Å²) < 4.78 is 16.3. The van der Waals surface area contributed by atoms with Crippen LogP contribution in [0.4, 0.5) is 0 Å². The Bertz CT molecular complexity index is 756. The monoisotopic (exact) mass is 500 g/mol. The second-order valence-corrected chi connectivity index (χ2v) is 5.78. The van der Waals surface area contributed by atoms with Crippen molar-refractivity contribution in [3.63, 3.8) is 0 Å². The zero-order valence-corrected chi connectivity index (χ0v) is 19.2. The summed E-state index contributed by atoms with van der Waals surface area (Å²) in [6, 6.07) is 9.71. The first-order valence-electron chi connectivity index (χ1n) is 8.93. The third-order valence-electron chi connectivity index (χ3n) is 3.87. The summed E-state index contributed by atoms with van der Waals surface area (Å²) in [6.45, 7) is 3.89. The number of methoxy groups -OCH3 is 2. The zero-order chi connectivity index (χ0) is 19.5. The van der Waals surface area contributed by atoms with Gasteiger partial charge in [0, 0.05) is 31.9 Å². The van der Waals surface area contributed by atoms with E-state index in [0.29, 0.717) is 43.0 Å². The number of pyridine rings is 1. The predicted octanol–water partition coefficient (Wildman–Crippen LogP) is 3.37. The molecule has 0 fully saturated rings. The molecule has 0 aliphatic rings. The molecule has 0 unspecified atom stereocenters. The van der Waals surface area contributed by atoms with Crippen LogP contribution in [0.5, 0.6) is 17.4 Å². The third kappa shape index (κ3) is 7.06. The highest BCUT2D eigenvalue weighted by Gasteiger charge is 2.07. The highest BCUT2D eigenvalue weighted by atomic mass is 127. The van der Waals surface area contributed by atoms with Gasteiger partial charge in [0.05, 0.1) is 20.8 Å². The highest BCUT2D eigenvalue weighted by molar-refractivity contribution is 14.0. The number of nitrogens with one attached hydrogen (secondary N) is 2. The van der Waals surface area contributed by atoms with Gasteiger partial charge < -0.3 is 24.8 Å². The van der Waals surface area contributed by atoms with Gasteiger partial charge in [0.2, 0.25) is 5.88 Å². The lowest BCUT2D eigenvalue weighted by molar-refractivity contribution is 0.301. The number of hydrogen-bond acceptors (Lipinski definition) is 5. The zero-order valence-electron chi connectivity index (χ0n) is 16.8. The second-order valence-electron chi connectivity index (χ2n) is 5.78. The van der Waals surface area contributed by atoms with Crippen molar-refractivity contribution >= 4 is 29.9 Å². The van der Waals surface area contributed by atoms with E-state index in [1.54, 1.807) is 27.5 Å². The highest BCUT2D eigenvalue weighted by Crippen LogP contribution is 2.27. The van der Waals surface area contributed by atoms with Gasteiger partial charge in [-0.25, -0.2) is 4.98 Å². The van der Waals surface area contributed by atoms with Crippen LogP contribution in [0.2, 0.25) is 0 Å². The maximum atomic E-state index is 5.69. The van der Waals surface area contributed by atoms with Crippen LogP contribution in [-0.4, -0.2) is 38.8 Å². The molecule has 1 aromatic heterocycles. The number of rotatable bonds is 9. The van der Waals surface area contributed by atoms with Gasteiger partial charge in [-0.3, -0.25) is 4.99 Å². The minimum absolute atomic E-state index is 0. The van der Waals surface area contributed by atoms with Crippen molar-refractivity contribution in [1.29, 1.82) is 0 Å². The minimum Gasteiger partial charge on any atom is -0.493 e. The van der Waals surface area contributed by atoms with E-state index in [0.717, 1.165) is 17.5 Å². The fraction of sp³-hybridized carbons (Fsp3) is 0.400. The van der Waals surface area contributed by atoms with Gasteiger partial charge in [0.1, 0.15) is 0 Å². The Morgan fingerprint density at radius 3 is 2.50 bits per heavy atom. The van der Waals surface area contributed by atoms with E-state index in [2.05, 4.69) is 27.5 Å². The van der Waals surface area contributed by atoms with Crippen LogP contribution in [0.1, 0.15) is 24.5 Å². The Kier molecular flexibility index (Phi) is 11.1. The molecule has 0 radical (unpaired) electrons. The molecule has 0 saturated carbocycles. The number of benzene rings is 1. The lowest BCUT2D eigenvalue weighted by Crippen LogP contribution is -2.36. The van der Waals surface area contributed by atoms with E-state index in [1.807, 2.05) is 30.3 Å². The van der Waals surface area contributed by atoms with Crippen molar-refractivity contribution in [2.24, 2.45) is 4.99 Å². The normalized spacial score (nSPS) is 10.6. The Balaban J connectivity index is 0.00000392. The van der Waals surface area contributed by atoms with Gasteiger partial charge in [-0.15, -0.1) is 24.0 Å². The van der Waals surface area contributed by atoms with Gasteiger partial charge in [-0.05, 0) is 30.2 Å². The number of hydrogen-bond donors (Lipinski definition) is 2. The number of ether oxygens (including phenoxy) is 3. The Hall–Kier alpha value is -2.23. The van der Waals surface area contributed by atoms with Crippen LogP contribution in [0.15, 0.2) is 41.5 Å². The van der Waals surface area contributed by atoms with Crippen LogP contribution in [0.25, 0.3) is 0 Å². The molecule has 0 bridgehead atoms. The molecule has 0 aliphatic carbocycles. The SMILES string of the molecule is CCCOc1ncccc1CNC(=NC)NCc1ccc(OC)c(OC)c1.I. The minimum atomic E-state index is 0. The van der Waals surface area contributed by atoms with E-state index in [9.17, 15) is 0 Å². The quantitative estimate of drug-likeness (QED) is 0.313. The number of aliphatic imine (C=N–C) groups is 1. The first-order valence-corrected chi connectivity index (χ1v) is 8.93. The van der Waals surface area contributed by atoms with E-state index in [1.165, 1.54) is 0 Å². The van der Waals surface area contributed by atoms with Crippen LogP contribution in [-0.2, 0) is 13.1 Å². The average molecular weight is 500 g/mol. The molecule has 2 N–H and O–H groups in total. The van der Waals surface area contributed by atoms with Gasteiger partial charge in [-0.1, -0.05) is 19.1 Å². The van der Waals surface area contributed by atoms with Gasteiger partial charge >= 0.3 is 0 Å². The van der Waals surface area contributed by atoms with Crippen molar-refractivity contribution in [2.75, 3.05) is 27.9 Å². The van der Waals surface area contributed by atoms with Crippen LogP contribution >= 0.6 is 24.0 Å². The van der Waals surface area contributed by atoms with E-state index in [-0.39, 0.29) is 24.0 Å². The van der Waals surface area contributed by atoms with Gasteiger partial charge in [0.25, 0.3) is 0 Å². The van der Waals surface area contributed by atoms with Gasteiger partial charge in [-0.2, -0.15) is 0 Å². The molecule has 0 aliphatic heterocycles. The molecule has 7 nitrogen and oxygen atoms in total. The maximum Gasteiger partial charge on any atom is 0.218 e.